The highest BCUT2D eigenvalue weighted by molar-refractivity contribution is 6.45. The summed E-state index contributed by atoms with van der Waals surface area (Å²) in [5.74, 6) is -0.526. The molecule has 1 N–H and O–H groups in total. The lowest BCUT2D eigenvalue weighted by molar-refractivity contribution is -0.112. The van der Waals surface area contributed by atoms with Gasteiger partial charge in [0.25, 0.3) is 5.91 Å². The van der Waals surface area contributed by atoms with Crippen LogP contribution in [0.1, 0.15) is 0 Å². The van der Waals surface area contributed by atoms with Crippen LogP contribution in [0.3, 0.4) is 0 Å². The van der Waals surface area contributed by atoms with Gasteiger partial charge in [-0.3, -0.25) is 4.79 Å². The number of nitrogens with one attached hydrogen (secondary N) is 1. The van der Waals surface area contributed by atoms with Crippen LogP contribution in [0.5, 0.6) is 0 Å². The van der Waals surface area contributed by atoms with Gasteiger partial charge in [0.05, 0.1) is 20.8 Å². The molecular formula is C9H6Cl3NO. The molecule has 0 aliphatic carbocycles. The highest BCUT2D eigenvalue weighted by Gasteiger charge is 2.10. The third kappa shape index (κ3) is 2.64. The SMILES string of the molecule is C=C(Cl)C(=O)Nc1c(Cl)cccc1Cl. The largest absolute Gasteiger partial charge is 0.319 e. The lowest BCUT2D eigenvalue weighted by Crippen LogP contribution is -2.11. The number of hydrogen-bond acceptors (Lipinski definition) is 1. The number of rotatable bonds is 2. The van der Waals surface area contributed by atoms with E-state index in [9.17, 15) is 4.79 Å². The van der Waals surface area contributed by atoms with Crippen LogP contribution in [0.4, 0.5) is 5.69 Å². The number of amides is 1. The minimum Gasteiger partial charge on any atom is -0.319 e. The molecule has 0 heterocycles. The Morgan fingerprint density at radius 1 is 1.29 bits per heavy atom. The second kappa shape index (κ2) is 4.69. The lowest BCUT2D eigenvalue weighted by Gasteiger charge is -2.07. The van der Waals surface area contributed by atoms with Crippen molar-refractivity contribution in [1.82, 2.24) is 0 Å². The van der Waals surface area contributed by atoms with Gasteiger partial charge in [-0.2, -0.15) is 0 Å². The molecule has 0 spiro atoms. The van der Waals surface area contributed by atoms with E-state index in [1.165, 1.54) is 0 Å². The predicted molar refractivity (Wildman–Crippen MR) is 60.1 cm³/mol. The van der Waals surface area contributed by atoms with Crippen LogP contribution in [0.25, 0.3) is 0 Å². The number of anilines is 1. The summed E-state index contributed by atoms with van der Waals surface area (Å²) in [4.78, 5) is 11.2. The van der Waals surface area contributed by atoms with E-state index < -0.39 is 5.91 Å². The zero-order valence-corrected chi connectivity index (χ0v) is 9.25. The molecule has 0 aliphatic rings. The quantitative estimate of drug-likeness (QED) is 0.797. The van der Waals surface area contributed by atoms with Gasteiger partial charge in [0.15, 0.2) is 0 Å². The summed E-state index contributed by atoms with van der Waals surface area (Å²) in [5.41, 5.74) is 0.336. The predicted octanol–water partition coefficient (Wildman–Crippen LogP) is 3.68. The maximum atomic E-state index is 11.2. The Balaban J connectivity index is 2.97. The van der Waals surface area contributed by atoms with Crippen LogP contribution < -0.4 is 5.32 Å². The van der Waals surface area contributed by atoms with Crippen molar-refractivity contribution in [3.63, 3.8) is 0 Å². The normalized spacial score (nSPS) is 9.64. The fourth-order valence-corrected chi connectivity index (χ4v) is 1.34. The maximum Gasteiger partial charge on any atom is 0.266 e. The van der Waals surface area contributed by atoms with Crippen molar-refractivity contribution in [2.75, 3.05) is 5.32 Å². The molecule has 0 radical (unpaired) electrons. The van der Waals surface area contributed by atoms with E-state index in [2.05, 4.69) is 11.9 Å². The van der Waals surface area contributed by atoms with Crippen molar-refractivity contribution in [3.8, 4) is 0 Å². The molecule has 14 heavy (non-hydrogen) atoms. The third-order valence-electron chi connectivity index (χ3n) is 1.45. The molecule has 5 heteroatoms. The van der Waals surface area contributed by atoms with Gasteiger partial charge in [0.1, 0.15) is 0 Å². The van der Waals surface area contributed by atoms with Gasteiger partial charge in [-0.15, -0.1) is 0 Å². The zero-order valence-electron chi connectivity index (χ0n) is 6.98. The van der Waals surface area contributed by atoms with Crippen molar-refractivity contribution in [3.05, 3.63) is 39.9 Å². The summed E-state index contributed by atoms with van der Waals surface area (Å²) in [6, 6.07) is 4.90. The Hall–Kier alpha value is -0.700. The molecule has 0 aromatic heterocycles. The molecule has 0 saturated heterocycles. The molecule has 1 rings (SSSR count). The van der Waals surface area contributed by atoms with E-state index in [1.807, 2.05) is 0 Å². The van der Waals surface area contributed by atoms with E-state index in [0.29, 0.717) is 15.7 Å². The first-order valence-corrected chi connectivity index (χ1v) is 4.75. The molecule has 74 valence electrons. The second-order valence-electron chi connectivity index (χ2n) is 2.46. The van der Waals surface area contributed by atoms with Crippen molar-refractivity contribution < 1.29 is 4.79 Å². The molecule has 2 nitrogen and oxygen atoms in total. The van der Waals surface area contributed by atoms with E-state index in [0.717, 1.165) is 0 Å². The second-order valence-corrected chi connectivity index (χ2v) is 3.73. The zero-order chi connectivity index (χ0) is 10.7. The maximum absolute atomic E-state index is 11.2. The van der Waals surface area contributed by atoms with Gasteiger partial charge in [-0.25, -0.2) is 0 Å². The summed E-state index contributed by atoms with van der Waals surface area (Å²) in [7, 11) is 0. The summed E-state index contributed by atoms with van der Waals surface area (Å²) in [6.45, 7) is 3.28. The van der Waals surface area contributed by atoms with Gasteiger partial charge < -0.3 is 5.32 Å². The van der Waals surface area contributed by atoms with E-state index in [4.69, 9.17) is 34.8 Å². The minimum absolute atomic E-state index is 0.124. The third-order valence-corrected chi connectivity index (χ3v) is 2.25. The summed E-state index contributed by atoms with van der Waals surface area (Å²) < 4.78 is 0. The molecular weight excluding hydrogens is 244 g/mol. The highest BCUT2D eigenvalue weighted by Crippen LogP contribution is 2.30. The van der Waals surface area contributed by atoms with Crippen LogP contribution in [0.2, 0.25) is 10.0 Å². The Bertz CT molecular complexity index is 369. The molecule has 0 aliphatic heterocycles. The first-order valence-electron chi connectivity index (χ1n) is 3.62. The molecule has 0 atom stereocenters. The van der Waals surface area contributed by atoms with E-state index in [1.54, 1.807) is 18.2 Å². The Kier molecular flexibility index (Phi) is 3.81. The summed E-state index contributed by atoms with van der Waals surface area (Å²) in [5, 5.41) is 3.02. The van der Waals surface area contributed by atoms with Gasteiger partial charge in [0.2, 0.25) is 0 Å². The van der Waals surface area contributed by atoms with Crippen LogP contribution in [-0.4, -0.2) is 5.91 Å². The standard InChI is InChI=1S/C9H6Cl3NO/c1-5(10)9(14)13-8-6(11)3-2-4-7(8)12/h2-4H,1H2,(H,13,14). The number of carbonyl (C=O) groups excluding carboxylic acids is 1. The minimum atomic E-state index is -0.526. The fraction of sp³-hybridized carbons (Fsp3) is 0. The number of halogens is 3. The van der Waals surface area contributed by atoms with Crippen molar-refractivity contribution in [1.29, 1.82) is 0 Å². The van der Waals surface area contributed by atoms with E-state index >= 15 is 0 Å². The summed E-state index contributed by atoms with van der Waals surface area (Å²) >= 11 is 17.0. The first-order chi connectivity index (χ1) is 6.52. The van der Waals surface area contributed by atoms with Crippen LogP contribution in [0, 0.1) is 0 Å². The fourth-order valence-electron chi connectivity index (χ4n) is 0.799. The average molecular weight is 251 g/mol. The van der Waals surface area contributed by atoms with Gasteiger partial charge in [-0.1, -0.05) is 47.4 Å². The Morgan fingerprint density at radius 2 is 1.79 bits per heavy atom. The number of para-hydroxylation sites is 1. The first kappa shape index (κ1) is 11.4. The van der Waals surface area contributed by atoms with E-state index in [-0.39, 0.29) is 5.03 Å². The van der Waals surface area contributed by atoms with Crippen molar-refractivity contribution >= 4 is 46.4 Å². The molecule has 0 fully saturated rings. The summed E-state index contributed by atoms with van der Waals surface area (Å²) in [6.07, 6.45) is 0. The molecule has 1 aromatic carbocycles. The van der Waals surface area contributed by atoms with Crippen LogP contribution in [-0.2, 0) is 4.79 Å². The molecule has 1 amide bonds. The molecule has 0 bridgehead atoms. The highest BCUT2D eigenvalue weighted by atomic mass is 35.5. The molecule has 1 aromatic rings. The van der Waals surface area contributed by atoms with Crippen LogP contribution >= 0.6 is 34.8 Å². The number of benzene rings is 1. The smallest absolute Gasteiger partial charge is 0.266 e. The van der Waals surface area contributed by atoms with Gasteiger partial charge in [0, 0.05) is 0 Å². The van der Waals surface area contributed by atoms with Gasteiger partial charge >= 0.3 is 0 Å². The molecule has 0 unspecified atom stereocenters. The monoisotopic (exact) mass is 249 g/mol. The van der Waals surface area contributed by atoms with Crippen LogP contribution in [0.15, 0.2) is 29.8 Å². The number of hydrogen-bond donors (Lipinski definition) is 1. The van der Waals surface area contributed by atoms with Crippen molar-refractivity contribution in [2.45, 2.75) is 0 Å². The van der Waals surface area contributed by atoms with Crippen molar-refractivity contribution in [2.24, 2.45) is 0 Å². The average Bonchev–Trinajstić information content (AvgIpc) is 2.11. The molecule has 0 saturated carbocycles. The number of carbonyl (C=O) groups is 1. The Morgan fingerprint density at radius 3 is 2.21 bits per heavy atom. The van der Waals surface area contributed by atoms with Gasteiger partial charge in [-0.05, 0) is 12.1 Å². The lowest BCUT2D eigenvalue weighted by atomic mass is 10.3. The Labute approximate surface area is 96.5 Å². The topological polar surface area (TPSA) is 29.1 Å².